The molecule has 0 radical (unpaired) electrons. The van der Waals surface area contributed by atoms with Crippen molar-refractivity contribution in [1.82, 2.24) is 15.2 Å². The van der Waals surface area contributed by atoms with E-state index in [4.69, 9.17) is 0 Å². The molecule has 0 aliphatic carbocycles. The van der Waals surface area contributed by atoms with Crippen molar-refractivity contribution in [3.05, 3.63) is 59.8 Å². The van der Waals surface area contributed by atoms with E-state index in [9.17, 15) is 9.59 Å². The van der Waals surface area contributed by atoms with Gasteiger partial charge in [0.2, 0.25) is 5.91 Å². The topological polar surface area (TPSA) is 74.3 Å². The SMILES string of the molecule is O=C(NCc1ccc(CN2CCCC2=O)cc1)Nc1ccccn1. The number of pyridine rings is 1. The fraction of sp³-hybridized carbons (Fsp3) is 0.278. The average Bonchev–Trinajstić information content (AvgIpc) is 3.00. The molecule has 1 saturated heterocycles. The molecule has 3 rings (SSSR count). The molecule has 124 valence electrons. The molecule has 2 aromatic rings. The van der Waals surface area contributed by atoms with Crippen molar-refractivity contribution in [1.29, 1.82) is 0 Å². The van der Waals surface area contributed by atoms with Gasteiger partial charge < -0.3 is 10.2 Å². The van der Waals surface area contributed by atoms with E-state index in [1.165, 1.54) is 0 Å². The van der Waals surface area contributed by atoms with Crippen molar-refractivity contribution in [2.24, 2.45) is 0 Å². The first kappa shape index (κ1) is 16.0. The Morgan fingerprint density at radius 3 is 2.58 bits per heavy atom. The highest BCUT2D eigenvalue weighted by atomic mass is 16.2. The van der Waals surface area contributed by atoms with E-state index in [-0.39, 0.29) is 11.9 Å². The Balaban J connectivity index is 1.47. The zero-order valence-corrected chi connectivity index (χ0v) is 13.4. The summed E-state index contributed by atoms with van der Waals surface area (Å²) in [6.07, 6.45) is 3.24. The number of rotatable bonds is 5. The van der Waals surface area contributed by atoms with Crippen molar-refractivity contribution in [2.75, 3.05) is 11.9 Å². The zero-order valence-electron chi connectivity index (χ0n) is 13.4. The maximum Gasteiger partial charge on any atom is 0.320 e. The Kier molecular flexibility index (Phi) is 5.05. The van der Waals surface area contributed by atoms with Gasteiger partial charge in [-0.15, -0.1) is 0 Å². The molecule has 1 fully saturated rings. The predicted molar refractivity (Wildman–Crippen MR) is 91.2 cm³/mol. The second kappa shape index (κ2) is 7.59. The molecular formula is C18H20N4O2. The number of benzene rings is 1. The van der Waals surface area contributed by atoms with Gasteiger partial charge in [-0.1, -0.05) is 30.3 Å². The summed E-state index contributed by atoms with van der Waals surface area (Å²) in [6, 6.07) is 13.0. The molecule has 24 heavy (non-hydrogen) atoms. The van der Waals surface area contributed by atoms with Crippen LogP contribution in [0.5, 0.6) is 0 Å². The lowest BCUT2D eigenvalue weighted by atomic mass is 10.1. The van der Waals surface area contributed by atoms with Gasteiger partial charge in [0.05, 0.1) is 0 Å². The number of hydrogen-bond donors (Lipinski definition) is 2. The molecule has 6 nitrogen and oxygen atoms in total. The molecule has 3 amide bonds. The summed E-state index contributed by atoms with van der Waals surface area (Å²) in [5, 5.41) is 5.46. The molecule has 0 saturated carbocycles. The van der Waals surface area contributed by atoms with E-state index in [1.54, 1.807) is 18.3 Å². The monoisotopic (exact) mass is 324 g/mol. The first-order chi connectivity index (χ1) is 11.7. The molecular weight excluding hydrogens is 304 g/mol. The summed E-state index contributed by atoms with van der Waals surface area (Å²) < 4.78 is 0. The number of nitrogens with zero attached hydrogens (tertiary/aromatic N) is 2. The minimum atomic E-state index is -0.291. The highest BCUT2D eigenvalue weighted by Gasteiger charge is 2.19. The predicted octanol–water partition coefficient (Wildman–Crippen LogP) is 2.53. The van der Waals surface area contributed by atoms with Crippen molar-refractivity contribution in [3.63, 3.8) is 0 Å². The molecule has 2 heterocycles. The Bertz CT molecular complexity index is 701. The first-order valence-corrected chi connectivity index (χ1v) is 8.02. The summed E-state index contributed by atoms with van der Waals surface area (Å²) >= 11 is 0. The molecule has 0 spiro atoms. The number of urea groups is 1. The summed E-state index contributed by atoms with van der Waals surface area (Å²) in [5.41, 5.74) is 2.11. The van der Waals surface area contributed by atoms with Crippen LogP contribution in [0, 0.1) is 0 Å². The summed E-state index contributed by atoms with van der Waals surface area (Å²) in [5.74, 6) is 0.743. The Labute approximate surface area is 140 Å². The van der Waals surface area contributed by atoms with Crippen LogP contribution in [0.15, 0.2) is 48.7 Å². The van der Waals surface area contributed by atoms with Crippen LogP contribution < -0.4 is 10.6 Å². The second-order valence-corrected chi connectivity index (χ2v) is 5.76. The van der Waals surface area contributed by atoms with E-state index in [1.807, 2.05) is 35.2 Å². The van der Waals surface area contributed by atoms with E-state index in [0.717, 1.165) is 24.1 Å². The number of amides is 3. The number of anilines is 1. The van der Waals surface area contributed by atoms with Crippen LogP contribution in [0.25, 0.3) is 0 Å². The van der Waals surface area contributed by atoms with Crippen LogP contribution in [0.3, 0.4) is 0 Å². The van der Waals surface area contributed by atoms with Gasteiger partial charge in [0, 0.05) is 32.3 Å². The first-order valence-electron chi connectivity index (χ1n) is 8.02. The quantitative estimate of drug-likeness (QED) is 0.887. The van der Waals surface area contributed by atoms with Crippen molar-refractivity contribution >= 4 is 17.8 Å². The van der Waals surface area contributed by atoms with Crippen molar-refractivity contribution < 1.29 is 9.59 Å². The van der Waals surface area contributed by atoms with Crippen LogP contribution in [0.1, 0.15) is 24.0 Å². The van der Waals surface area contributed by atoms with Gasteiger partial charge in [0.25, 0.3) is 0 Å². The number of carbonyl (C=O) groups is 2. The lowest BCUT2D eigenvalue weighted by Crippen LogP contribution is -2.28. The fourth-order valence-electron chi connectivity index (χ4n) is 2.63. The van der Waals surface area contributed by atoms with Crippen LogP contribution >= 0.6 is 0 Å². The number of hydrogen-bond acceptors (Lipinski definition) is 3. The van der Waals surface area contributed by atoms with Gasteiger partial charge in [-0.3, -0.25) is 10.1 Å². The van der Waals surface area contributed by atoms with Crippen molar-refractivity contribution in [2.45, 2.75) is 25.9 Å². The van der Waals surface area contributed by atoms with Gasteiger partial charge in [0.15, 0.2) is 0 Å². The molecule has 1 aromatic carbocycles. The molecule has 0 atom stereocenters. The summed E-state index contributed by atoms with van der Waals surface area (Å²) in [7, 11) is 0. The molecule has 2 N–H and O–H groups in total. The van der Waals surface area contributed by atoms with Gasteiger partial charge in [-0.2, -0.15) is 0 Å². The van der Waals surface area contributed by atoms with E-state index in [2.05, 4.69) is 15.6 Å². The number of aromatic nitrogens is 1. The minimum absolute atomic E-state index is 0.229. The fourth-order valence-corrected chi connectivity index (χ4v) is 2.63. The average molecular weight is 324 g/mol. The number of nitrogens with one attached hydrogen (secondary N) is 2. The van der Waals surface area contributed by atoms with E-state index >= 15 is 0 Å². The van der Waals surface area contributed by atoms with Gasteiger partial charge in [-0.05, 0) is 29.7 Å². The Hall–Kier alpha value is -2.89. The maximum absolute atomic E-state index is 11.8. The molecule has 1 aliphatic heterocycles. The Morgan fingerprint density at radius 2 is 1.92 bits per heavy atom. The third kappa shape index (κ3) is 4.32. The Morgan fingerprint density at radius 1 is 1.12 bits per heavy atom. The van der Waals surface area contributed by atoms with Gasteiger partial charge >= 0.3 is 6.03 Å². The molecule has 0 unspecified atom stereocenters. The third-order valence-corrected chi connectivity index (χ3v) is 3.93. The van der Waals surface area contributed by atoms with Crippen LogP contribution in [-0.4, -0.2) is 28.4 Å². The second-order valence-electron chi connectivity index (χ2n) is 5.76. The molecule has 1 aliphatic rings. The van der Waals surface area contributed by atoms with Crippen LogP contribution in [0.2, 0.25) is 0 Å². The minimum Gasteiger partial charge on any atom is -0.338 e. The maximum atomic E-state index is 11.8. The highest BCUT2D eigenvalue weighted by molar-refractivity contribution is 5.88. The largest absolute Gasteiger partial charge is 0.338 e. The number of carbonyl (C=O) groups excluding carboxylic acids is 2. The third-order valence-electron chi connectivity index (χ3n) is 3.93. The smallest absolute Gasteiger partial charge is 0.320 e. The van der Waals surface area contributed by atoms with Gasteiger partial charge in [-0.25, -0.2) is 9.78 Å². The van der Waals surface area contributed by atoms with Crippen LogP contribution in [-0.2, 0) is 17.9 Å². The van der Waals surface area contributed by atoms with Crippen LogP contribution in [0.4, 0.5) is 10.6 Å². The van der Waals surface area contributed by atoms with E-state index < -0.39 is 0 Å². The zero-order chi connectivity index (χ0) is 16.8. The summed E-state index contributed by atoms with van der Waals surface area (Å²) in [6.45, 7) is 1.93. The lowest BCUT2D eigenvalue weighted by Gasteiger charge is -2.15. The molecule has 6 heteroatoms. The highest BCUT2D eigenvalue weighted by Crippen LogP contribution is 2.14. The lowest BCUT2D eigenvalue weighted by molar-refractivity contribution is -0.128. The standard InChI is InChI=1S/C18H20N4O2/c23-17-5-3-11-22(17)13-15-8-6-14(7-9-15)12-20-18(24)21-16-4-1-2-10-19-16/h1-2,4,6-10H,3,5,11-13H2,(H2,19,20,21,24). The van der Waals surface area contributed by atoms with Crippen molar-refractivity contribution in [3.8, 4) is 0 Å². The normalized spacial score (nSPS) is 13.8. The van der Waals surface area contributed by atoms with E-state index in [0.29, 0.717) is 25.3 Å². The molecule has 1 aromatic heterocycles. The summed E-state index contributed by atoms with van der Waals surface area (Å²) in [4.78, 5) is 29.4. The molecule has 0 bridgehead atoms. The number of likely N-dealkylation sites (tertiary alicyclic amines) is 1. The van der Waals surface area contributed by atoms with Gasteiger partial charge in [0.1, 0.15) is 5.82 Å².